The third kappa shape index (κ3) is 7.99. The van der Waals surface area contributed by atoms with E-state index in [4.69, 9.17) is 9.47 Å². The van der Waals surface area contributed by atoms with E-state index in [9.17, 15) is 9.90 Å². The zero-order chi connectivity index (χ0) is 17.5. The fourth-order valence-corrected chi connectivity index (χ4v) is 2.90. The zero-order valence-electron chi connectivity index (χ0n) is 15.3. The number of nitrogens with zero attached hydrogens (tertiary/aromatic N) is 1. The first-order valence-electron chi connectivity index (χ1n) is 8.65. The number of aliphatic hydroxyl groups is 1. The summed E-state index contributed by atoms with van der Waals surface area (Å²) >= 11 is 0. The molecule has 3 atom stereocenters. The van der Waals surface area contributed by atoms with Crippen molar-refractivity contribution in [1.29, 1.82) is 0 Å². The molecule has 0 heterocycles. The van der Waals surface area contributed by atoms with Crippen molar-refractivity contribution in [2.45, 2.75) is 77.2 Å². The topological polar surface area (TPSA) is 71.0 Å². The summed E-state index contributed by atoms with van der Waals surface area (Å²) in [6.07, 6.45) is 3.88. The minimum atomic E-state index is -0.580. The van der Waals surface area contributed by atoms with E-state index in [1.165, 1.54) is 12.8 Å². The van der Waals surface area contributed by atoms with Crippen LogP contribution >= 0.6 is 0 Å². The van der Waals surface area contributed by atoms with Crippen molar-refractivity contribution in [3.63, 3.8) is 0 Å². The zero-order valence-corrected chi connectivity index (χ0v) is 15.3. The second-order valence-corrected chi connectivity index (χ2v) is 7.39. The molecule has 1 aliphatic carbocycles. The maximum absolute atomic E-state index is 12.2. The highest BCUT2D eigenvalue weighted by Gasteiger charge is 2.26. The van der Waals surface area contributed by atoms with Gasteiger partial charge in [-0.15, -0.1) is 0 Å². The van der Waals surface area contributed by atoms with Gasteiger partial charge in [-0.1, -0.05) is 12.8 Å². The second-order valence-electron chi connectivity index (χ2n) is 7.39. The third-order valence-electron chi connectivity index (χ3n) is 3.93. The molecule has 0 aliphatic heterocycles. The van der Waals surface area contributed by atoms with Crippen LogP contribution in [-0.2, 0) is 9.47 Å². The van der Waals surface area contributed by atoms with Crippen LogP contribution in [0.4, 0.5) is 4.79 Å². The molecule has 0 bridgehead atoms. The van der Waals surface area contributed by atoms with Crippen LogP contribution in [0.15, 0.2) is 0 Å². The molecule has 0 aromatic carbocycles. The third-order valence-corrected chi connectivity index (χ3v) is 3.93. The summed E-state index contributed by atoms with van der Waals surface area (Å²) in [4.78, 5) is 13.8. The van der Waals surface area contributed by atoms with Crippen LogP contribution in [0.3, 0.4) is 0 Å². The summed E-state index contributed by atoms with van der Waals surface area (Å²) in [6, 6.07) is 0.334. The van der Waals surface area contributed by atoms with Crippen LogP contribution in [-0.4, -0.2) is 66.7 Å². The Labute approximate surface area is 140 Å². The largest absolute Gasteiger partial charge is 0.444 e. The number of rotatable bonds is 7. The molecule has 1 aliphatic rings. The molecule has 2 N–H and O–H groups in total. The quantitative estimate of drug-likeness (QED) is 0.748. The Morgan fingerprint density at radius 1 is 1.35 bits per heavy atom. The lowest BCUT2D eigenvalue weighted by atomic mass is 9.92. The van der Waals surface area contributed by atoms with Gasteiger partial charge in [-0.2, -0.15) is 0 Å². The number of ether oxygens (including phenoxy) is 2. The number of hydrogen-bond acceptors (Lipinski definition) is 5. The molecule has 136 valence electrons. The lowest BCUT2D eigenvalue weighted by Gasteiger charge is -2.33. The summed E-state index contributed by atoms with van der Waals surface area (Å²) < 4.78 is 10.9. The SMILES string of the molecule is COC1CCCCC1NCCN(CC(C)O)C(=O)OC(C)(C)C. The van der Waals surface area contributed by atoms with Crippen molar-refractivity contribution in [3.8, 4) is 0 Å². The van der Waals surface area contributed by atoms with E-state index in [1.807, 2.05) is 20.8 Å². The molecule has 0 aromatic heterocycles. The maximum atomic E-state index is 12.2. The maximum Gasteiger partial charge on any atom is 0.410 e. The molecule has 6 heteroatoms. The van der Waals surface area contributed by atoms with E-state index in [2.05, 4.69) is 5.32 Å². The van der Waals surface area contributed by atoms with Gasteiger partial charge in [-0.25, -0.2) is 4.79 Å². The minimum Gasteiger partial charge on any atom is -0.444 e. The fourth-order valence-electron chi connectivity index (χ4n) is 2.90. The lowest BCUT2D eigenvalue weighted by molar-refractivity contribution is 0.0145. The number of methoxy groups -OCH3 is 1. The van der Waals surface area contributed by atoms with Gasteiger partial charge in [0.05, 0.1) is 12.2 Å². The van der Waals surface area contributed by atoms with Gasteiger partial charge in [0.2, 0.25) is 0 Å². The molecular weight excluding hydrogens is 296 g/mol. The first-order chi connectivity index (χ1) is 10.7. The van der Waals surface area contributed by atoms with Crippen LogP contribution in [0.5, 0.6) is 0 Å². The van der Waals surface area contributed by atoms with Gasteiger partial charge in [0, 0.05) is 32.8 Å². The average Bonchev–Trinajstić information content (AvgIpc) is 2.44. The number of aliphatic hydroxyl groups excluding tert-OH is 1. The second kappa shape index (κ2) is 9.45. The van der Waals surface area contributed by atoms with Crippen molar-refractivity contribution in [1.82, 2.24) is 10.2 Å². The molecule has 0 spiro atoms. The van der Waals surface area contributed by atoms with Crippen LogP contribution in [0.2, 0.25) is 0 Å². The highest BCUT2D eigenvalue weighted by Crippen LogP contribution is 2.20. The molecule has 3 unspecified atom stereocenters. The van der Waals surface area contributed by atoms with Crippen LogP contribution < -0.4 is 5.32 Å². The number of amides is 1. The molecule has 1 fully saturated rings. The molecule has 0 saturated heterocycles. The summed E-state index contributed by atoms with van der Waals surface area (Å²) in [6.45, 7) is 8.64. The Morgan fingerprint density at radius 2 is 2.00 bits per heavy atom. The van der Waals surface area contributed by atoms with E-state index in [1.54, 1.807) is 18.9 Å². The van der Waals surface area contributed by atoms with E-state index in [-0.39, 0.29) is 18.7 Å². The predicted molar refractivity (Wildman–Crippen MR) is 90.5 cm³/mol. The van der Waals surface area contributed by atoms with Crippen molar-refractivity contribution in [2.75, 3.05) is 26.7 Å². The van der Waals surface area contributed by atoms with Crippen LogP contribution in [0, 0.1) is 0 Å². The highest BCUT2D eigenvalue weighted by atomic mass is 16.6. The molecule has 6 nitrogen and oxygen atoms in total. The summed E-state index contributed by atoms with van der Waals surface area (Å²) in [5, 5.41) is 13.1. The lowest BCUT2D eigenvalue weighted by Crippen LogP contribution is -2.48. The van der Waals surface area contributed by atoms with Gasteiger partial charge in [-0.3, -0.25) is 0 Å². The highest BCUT2D eigenvalue weighted by molar-refractivity contribution is 5.68. The Morgan fingerprint density at radius 3 is 2.57 bits per heavy atom. The van der Waals surface area contributed by atoms with Gasteiger partial charge in [-0.05, 0) is 40.5 Å². The van der Waals surface area contributed by atoms with Crippen LogP contribution in [0.1, 0.15) is 53.4 Å². The molecular formula is C17H34N2O4. The monoisotopic (exact) mass is 330 g/mol. The summed E-state index contributed by atoms with van der Waals surface area (Å²) in [5.74, 6) is 0. The Hall–Kier alpha value is -0.850. The van der Waals surface area contributed by atoms with E-state index in [0.29, 0.717) is 19.1 Å². The van der Waals surface area contributed by atoms with Gasteiger partial charge in [0.15, 0.2) is 0 Å². The van der Waals surface area contributed by atoms with Crippen molar-refractivity contribution >= 4 is 6.09 Å². The molecule has 0 aromatic rings. The molecule has 0 radical (unpaired) electrons. The summed E-state index contributed by atoms with van der Waals surface area (Å²) in [5.41, 5.74) is -0.536. The molecule has 1 saturated carbocycles. The Kier molecular flexibility index (Phi) is 8.29. The van der Waals surface area contributed by atoms with Gasteiger partial charge in [0.1, 0.15) is 5.60 Å². The first-order valence-corrected chi connectivity index (χ1v) is 8.65. The average molecular weight is 330 g/mol. The molecule has 1 rings (SSSR count). The first kappa shape index (κ1) is 20.2. The smallest absolute Gasteiger partial charge is 0.410 e. The Balaban J connectivity index is 2.48. The van der Waals surface area contributed by atoms with Crippen LogP contribution in [0.25, 0.3) is 0 Å². The number of carbonyl (C=O) groups excluding carboxylic acids is 1. The minimum absolute atomic E-state index is 0.246. The number of carbonyl (C=O) groups is 1. The van der Waals surface area contributed by atoms with Crippen molar-refractivity contribution in [3.05, 3.63) is 0 Å². The Bertz CT molecular complexity index is 355. The van der Waals surface area contributed by atoms with Crippen molar-refractivity contribution < 1.29 is 19.4 Å². The number of nitrogens with one attached hydrogen (secondary N) is 1. The molecule has 1 amide bonds. The normalized spacial score (nSPS) is 23.4. The van der Waals surface area contributed by atoms with Gasteiger partial charge in [0.25, 0.3) is 0 Å². The van der Waals surface area contributed by atoms with E-state index >= 15 is 0 Å². The molecule has 23 heavy (non-hydrogen) atoms. The van der Waals surface area contributed by atoms with E-state index < -0.39 is 11.7 Å². The predicted octanol–water partition coefficient (Wildman–Crippen LogP) is 2.15. The summed E-state index contributed by atoms with van der Waals surface area (Å²) in [7, 11) is 1.76. The fraction of sp³-hybridized carbons (Fsp3) is 0.941. The number of hydrogen-bond donors (Lipinski definition) is 2. The van der Waals surface area contributed by atoms with E-state index in [0.717, 1.165) is 12.8 Å². The van der Waals surface area contributed by atoms with Gasteiger partial charge >= 0.3 is 6.09 Å². The van der Waals surface area contributed by atoms with Gasteiger partial charge < -0.3 is 24.8 Å². The standard InChI is InChI=1S/C17H34N2O4/c1-13(20)12-19(16(21)23-17(2,3)4)11-10-18-14-8-6-7-9-15(14)22-5/h13-15,18,20H,6-12H2,1-5H3. The van der Waals surface area contributed by atoms with Crippen molar-refractivity contribution in [2.24, 2.45) is 0 Å².